The van der Waals surface area contributed by atoms with Crippen LogP contribution < -0.4 is 10.5 Å². The first-order chi connectivity index (χ1) is 9.08. The zero-order valence-electron chi connectivity index (χ0n) is 11.0. The molecule has 0 saturated carbocycles. The van der Waals surface area contributed by atoms with Crippen LogP contribution in [0.5, 0.6) is 5.75 Å². The number of rotatable bonds is 4. The summed E-state index contributed by atoms with van der Waals surface area (Å²) in [5.41, 5.74) is 7.21. The van der Waals surface area contributed by atoms with Crippen LogP contribution >= 0.6 is 0 Å². The van der Waals surface area contributed by atoms with Crippen molar-refractivity contribution in [3.8, 4) is 5.75 Å². The van der Waals surface area contributed by atoms with E-state index in [4.69, 9.17) is 10.5 Å². The Morgan fingerprint density at radius 2 is 2.00 bits per heavy atom. The summed E-state index contributed by atoms with van der Waals surface area (Å²) in [5.74, 6) is 0.426. The highest BCUT2D eigenvalue weighted by molar-refractivity contribution is 6.12. The van der Waals surface area contributed by atoms with Crippen LogP contribution in [-0.2, 0) is 0 Å². The van der Waals surface area contributed by atoms with Gasteiger partial charge in [0, 0.05) is 23.0 Å². The summed E-state index contributed by atoms with van der Waals surface area (Å²) >= 11 is 0. The number of hydrogen-bond donors (Lipinski definition) is 1. The zero-order chi connectivity index (χ0) is 13.8. The third-order valence-electron chi connectivity index (χ3n) is 2.55. The molecule has 0 spiro atoms. The molecular formula is C15H16N2O2. The number of pyridine rings is 1. The van der Waals surface area contributed by atoms with E-state index in [2.05, 4.69) is 4.98 Å². The quantitative estimate of drug-likeness (QED) is 0.674. The van der Waals surface area contributed by atoms with Gasteiger partial charge >= 0.3 is 0 Å². The van der Waals surface area contributed by atoms with Gasteiger partial charge in [-0.25, -0.2) is 0 Å². The second kappa shape index (κ2) is 5.52. The van der Waals surface area contributed by atoms with Gasteiger partial charge in [0.05, 0.1) is 12.3 Å². The number of anilines is 1. The molecule has 0 radical (unpaired) electrons. The maximum absolute atomic E-state index is 12.3. The Labute approximate surface area is 112 Å². The van der Waals surface area contributed by atoms with Crippen molar-refractivity contribution in [2.45, 2.75) is 20.0 Å². The fraction of sp³-hybridized carbons (Fsp3) is 0.200. The van der Waals surface area contributed by atoms with Gasteiger partial charge in [0.15, 0.2) is 5.78 Å². The highest BCUT2D eigenvalue weighted by atomic mass is 16.5. The molecule has 0 unspecified atom stereocenters. The third-order valence-corrected chi connectivity index (χ3v) is 2.55. The molecule has 0 saturated heterocycles. The summed E-state index contributed by atoms with van der Waals surface area (Å²) in [6.07, 6.45) is 3.14. The lowest BCUT2D eigenvalue weighted by Crippen LogP contribution is -2.09. The first kappa shape index (κ1) is 13.1. The topological polar surface area (TPSA) is 65.2 Å². The maximum atomic E-state index is 12.3. The van der Waals surface area contributed by atoms with Gasteiger partial charge in [0.25, 0.3) is 0 Å². The lowest BCUT2D eigenvalue weighted by atomic mass is 10.0. The molecule has 0 aliphatic heterocycles. The molecule has 0 bridgehead atoms. The summed E-state index contributed by atoms with van der Waals surface area (Å²) < 4.78 is 5.53. The number of para-hydroxylation sites is 1. The molecule has 4 nitrogen and oxygen atoms in total. The molecule has 19 heavy (non-hydrogen) atoms. The molecule has 98 valence electrons. The average molecular weight is 256 g/mol. The van der Waals surface area contributed by atoms with E-state index in [-0.39, 0.29) is 11.9 Å². The van der Waals surface area contributed by atoms with Crippen LogP contribution in [0.4, 0.5) is 5.69 Å². The van der Waals surface area contributed by atoms with E-state index in [9.17, 15) is 4.79 Å². The van der Waals surface area contributed by atoms with Gasteiger partial charge in [-0.1, -0.05) is 12.1 Å². The molecule has 0 fully saturated rings. The Kier molecular flexibility index (Phi) is 3.80. The van der Waals surface area contributed by atoms with Crippen molar-refractivity contribution >= 4 is 11.5 Å². The summed E-state index contributed by atoms with van der Waals surface area (Å²) in [6, 6.07) is 8.67. The normalized spacial score (nSPS) is 10.5. The van der Waals surface area contributed by atoms with Gasteiger partial charge in [-0.2, -0.15) is 0 Å². The van der Waals surface area contributed by atoms with Crippen LogP contribution in [-0.4, -0.2) is 16.9 Å². The number of benzene rings is 1. The van der Waals surface area contributed by atoms with Crippen molar-refractivity contribution in [3.63, 3.8) is 0 Å². The Balaban J connectivity index is 2.32. The Morgan fingerprint density at radius 1 is 1.26 bits per heavy atom. The van der Waals surface area contributed by atoms with Crippen LogP contribution in [0.25, 0.3) is 0 Å². The Hall–Kier alpha value is -2.36. The Bertz CT molecular complexity index is 594. The van der Waals surface area contributed by atoms with Crippen LogP contribution in [0.15, 0.2) is 42.7 Å². The molecule has 1 aromatic carbocycles. The van der Waals surface area contributed by atoms with E-state index in [1.54, 1.807) is 36.5 Å². The first-order valence-corrected chi connectivity index (χ1v) is 6.09. The van der Waals surface area contributed by atoms with Gasteiger partial charge in [0.2, 0.25) is 0 Å². The lowest BCUT2D eigenvalue weighted by Gasteiger charge is -2.10. The number of nitrogens with zero attached hydrogens (tertiary/aromatic N) is 1. The molecule has 0 atom stereocenters. The van der Waals surface area contributed by atoms with E-state index in [1.807, 2.05) is 13.8 Å². The largest absolute Gasteiger partial charge is 0.489 e. The fourth-order valence-corrected chi connectivity index (χ4v) is 1.74. The van der Waals surface area contributed by atoms with E-state index in [1.165, 1.54) is 6.20 Å². The molecule has 1 heterocycles. The number of nitrogen functional groups attached to an aromatic ring is 1. The lowest BCUT2D eigenvalue weighted by molar-refractivity contribution is 0.103. The van der Waals surface area contributed by atoms with Crippen molar-refractivity contribution < 1.29 is 9.53 Å². The van der Waals surface area contributed by atoms with Crippen LogP contribution in [0.2, 0.25) is 0 Å². The minimum absolute atomic E-state index is 0.0361. The molecule has 4 heteroatoms. The van der Waals surface area contributed by atoms with Gasteiger partial charge in [-0.3, -0.25) is 9.78 Å². The molecule has 2 rings (SSSR count). The molecule has 0 aliphatic carbocycles. The first-order valence-electron chi connectivity index (χ1n) is 6.09. The van der Waals surface area contributed by atoms with Crippen molar-refractivity contribution in [3.05, 3.63) is 53.9 Å². The number of hydrogen-bond acceptors (Lipinski definition) is 4. The standard InChI is InChI=1S/C15H16N2O2/c1-10(2)19-12-7-11(8-17-9-12)15(18)13-5-3-4-6-14(13)16/h3-10H,16H2,1-2H3. The maximum Gasteiger partial charge on any atom is 0.196 e. The van der Waals surface area contributed by atoms with Gasteiger partial charge in [0.1, 0.15) is 5.75 Å². The van der Waals surface area contributed by atoms with Crippen molar-refractivity contribution in [2.24, 2.45) is 0 Å². The van der Waals surface area contributed by atoms with E-state index < -0.39 is 0 Å². The summed E-state index contributed by atoms with van der Waals surface area (Å²) in [4.78, 5) is 16.4. The monoisotopic (exact) mass is 256 g/mol. The highest BCUT2D eigenvalue weighted by Gasteiger charge is 2.13. The number of carbonyl (C=O) groups is 1. The van der Waals surface area contributed by atoms with Gasteiger partial charge < -0.3 is 10.5 Å². The fourth-order valence-electron chi connectivity index (χ4n) is 1.74. The predicted octanol–water partition coefficient (Wildman–Crippen LogP) is 2.68. The molecule has 1 aromatic heterocycles. The Morgan fingerprint density at radius 3 is 2.68 bits per heavy atom. The minimum Gasteiger partial charge on any atom is -0.489 e. The van der Waals surface area contributed by atoms with Crippen LogP contribution in [0, 0.1) is 0 Å². The van der Waals surface area contributed by atoms with Crippen LogP contribution in [0.1, 0.15) is 29.8 Å². The average Bonchev–Trinajstić information content (AvgIpc) is 2.38. The second-order valence-corrected chi connectivity index (χ2v) is 4.49. The number of ether oxygens (including phenoxy) is 1. The van der Waals surface area contributed by atoms with Crippen LogP contribution in [0.3, 0.4) is 0 Å². The smallest absolute Gasteiger partial charge is 0.196 e. The predicted molar refractivity (Wildman–Crippen MR) is 74.3 cm³/mol. The molecule has 0 aliphatic rings. The minimum atomic E-state index is -0.153. The van der Waals surface area contributed by atoms with Crippen molar-refractivity contribution in [1.29, 1.82) is 0 Å². The van der Waals surface area contributed by atoms with Gasteiger partial charge in [-0.15, -0.1) is 0 Å². The summed E-state index contributed by atoms with van der Waals surface area (Å²) in [5, 5.41) is 0. The molecule has 2 aromatic rings. The number of carbonyl (C=O) groups excluding carboxylic acids is 1. The third kappa shape index (κ3) is 3.10. The van der Waals surface area contributed by atoms with Crippen molar-refractivity contribution in [2.75, 3.05) is 5.73 Å². The second-order valence-electron chi connectivity index (χ2n) is 4.49. The van der Waals surface area contributed by atoms with Crippen molar-refractivity contribution in [1.82, 2.24) is 4.98 Å². The van der Waals surface area contributed by atoms with Gasteiger partial charge in [-0.05, 0) is 32.0 Å². The highest BCUT2D eigenvalue weighted by Crippen LogP contribution is 2.19. The molecule has 2 N–H and O–H groups in total. The zero-order valence-corrected chi connectivity index (χ0v) is 11.0. The summed E-state index contributed by atoms with van der Waals surface area (Å²) in [6.45, 7) is 3.84. The molecular weight excluding hydrogens is 240 g/mol. The van der Waals surface area contributed by atoms with E-state index in [0.29, 0.717) is 22.6 Å². The number of nitrogens with two attached hydrogens (primary N) is 1. The van der Waals surface area contributed by atoms with E-state index in [0.717, 1.165) is 0 Å². The summed E-state index contributed by atoms with van der Waals surface area (Å²) in [7, 11) is 0. The number of ketones is 1. The van der Waals surface area contributed by atoms with E-state index >= 15 is 0 Å². The molecule has 0 amide bonds. The SMILES string of the molecule is CC(C)Oc1cncc(C(=O)c2ccccc2N)c1. The number of aromatic nitrogens is 1.